The van der Waals surface area contributed by atoms with E-state index < -0.39 is 0 Å². The van der Waals surface area contributed by atoms with Crippen LogP contribution in [0.3, 0.4) is 0 Å². The van der Waals surface area contributed by atoms with Crippen LogP contribution in [-0.2, 0) is 11.2 Å². The number of carbonyl (C=O) groups is 1. The lowest BCUT2D eigenvalue weighted by molar-refractivity contribution is -0.121. The lowest BCUT2D eigenvalue weighted by Crippen LogP contribution is -2.33. The minimum absolute atomic E-state index is 0.0206. The van der Waals surface area contributed by atoms with Gasteiger partial charge in [-0.1, -0.05) is 19.3 Å². The molecule has 0 saturated carbocycles. The lowest BCUT2D eigenvalue weighted by atomic mass is 10.1. The first kappa shape index (κ1) is 12.4. The Morgan fingerprint density at radius 3 is 3.06 bits per heavy atom. The van der Waals surface area contributed by atoms with E-state index >= 15 is 0 Å². The van der Waals surface area contributed by atoms with Crippen molar-refractivity contribution in [1.29, 1.82) is 0 Å². The number of amides is 1. The molecule has 1 atom stereocenters. The van der Waals surface area contributed by atoms with E-state index in [9.17, 15) is 4.79 Å². The molecule has 1 rings (SSSR count). The maximum absolute atomic E-state index is 11.5. The standard InChI is InChI=1S/C13H17NO2/c1-3-6-11(4-2)14-13(15)9-8-12-7-5-10-16-12/h2,5,7,10-11H,3,6,8-9H2,1H3,(H,14,15). The summed E-state index contributed by atoms with van der Waals surface area (Å²) in [7, 11) is 0. The highest BCUT2D eigenvalue weighted by Crippen LogP contribution is 2.04. The predicted octanol–water partition coefficient (Wildman–Crippen LogP) is 2.13. The number of hydrogen-bond acceptors (Lipinski definition) is 2. The Balaban J connectivity index is 2.27. The summed E-state index contributed by atoms with van der Waals surface area (Å²) in [5.41, 5.74) is 0. The van der Waals surface area contributed by atoms with E-state index in [1.165, 1.54) is 0 Å². The van der Waals surface area contributed by atoms with E-state index in [0.717, 1.165) is 18.6 Å². The fraction of sp³-hybridized carbons (Fsp3) is 0.462. The zero-order valence-corrected chi connectivity index (χ0v) is 9.53. The normalized spacial score (nSPS) is 11.8. The van der Waals surface area contributed by atoms with E-state index in [4.69, 9.17) is 10.8 Å². The molecule has 1 heterocycles. The topological polar surface area (TPSA) is 42.2 Å². The highest BCUT2D eigenvalue weighted by Gasteiger charge is 2.09. The van der Waals surface area contributed by atoms with Crippen LogP contribution in [0.15, 0.2) is 22.8 Å². The third-order valence-electron chi connectivity index (χ3n) is 2.29. The van der Waals surface area contributed by atoms with Crippen LogP contribution in [0.2, 0.25) is 0 Å². The molecule has 1 aromatic rings. The molecule has 1 unspecified atom stereocenters. The number of carbonyl (C=O) groups excluding carboxylic acids is 1. The molecule has 3 nitrogen and oxygen atoms in total. The van der Waals surface area contributed by atoms with Gasteiger partial charge in [0, 0.05) is 12.8 Å². The average molecular weight is 219 g/mol. The molecule has 1 aromatic heterocycles. The average Bonchev–Trinajstić information content (AvgIpc) is 2.78. The fourth-order valence-corrected chi connectivity index (χ4v) is 1.44. The second-order valence-electron chi connectivity index (χ2n) is 3.65. The van der Waals surface area contributed by atoms with Crippen molar-refractivity contribution in [2.45, 2.75) is 38.6 Å². The highest BCUT2D eigenvalue weighted by atomic mass is 16.3. The van der Waals surface area contributed by atoms with Gasteiger partial charge in [-0.25, -0.2) is 0 Å². The number of terminal acetylenes is 1. The van der Waals surface area contributed by atoms with Gasteiger partial charge < -0.3 is 9.73 Å². The first-order valence-corrected chi connectivity index (χ1v) is 5.54. The zero-order chi connectivity index (χ0) is 11.8. The van der Waals surface area contributed by atoms with E-state index in [-0.39, 0.29) is 11.9 Å². The van der Waals surface area contributed by atoms with Crippen LogP contribution in [0.1, 0.15) is 31.9 Å². The van der Waals surface area contributed by atoms with Gasteiger partial charge in [0.2, 0.25) is 5.91 Å². The van der Waals surface area contributed by atoms with Gasteiger partial charge in [-0.05, 0) is 18.6 Å². The molecular weight excluding hydrogens is 202 g/mol. The van der Waals surface area contributed by atoms with Crippen LogP contribution in [0.4, 0.5) is 0 Å². The van der Waals surface area contributed by atoms with Crippen LogP contribution >= 0.6 is 0 Å². The smallest absolute Gasteiger partial charge is 0.221 e. The molecule has 0 aliphatic rings. The van der Waals surface area contributed by atoms with Crippen LogP contribution < -0.4 is 5.32 Å². The molecule has 3 heteroatoms. The monoisotopic (exact) mass is 219 g/mol. The predicted molar refractivity (Wildman–Crippen MR) is 62.7 cm³/mol. The Kier molecular flexibility index (Phi) is 5.21. The largest absolute Gasteiger partial charge is 0.469 e. The molecule has 0 saturated heterocycles. The minimum Gasteiger partial charge on any atom is -0.469 e. The molecule has 0 aromatic carbocycles. The van der Waals surface area contributed by atoms with Crippen LogP contribution in [-0.4, -0.2) is 11.9 Å². The Bertz CT molecular complexity index is 349. The van der Waals surface area contributed by atoms with Crippen molar-refractivity contribution < 1.29 is 9.21 Å². The van der Waals surface area contributed by atoms with Gasteiger partial charge in [0.25, 0.3) is 0 Å². The molecule has 0 aliphatic heterocycles. The molecule has 0 bridgehead atoms. The Labute approximate surface area is 96.2 Å². The summed E-state index contributed by atoms with van der Waals surface area (Å²) in [6.07, 6.45) is 9.73. The maximum Gasteiger partial charge on any atom is 0.221 e. The van der Waals surface area contributed by atoms with Gasteiger partial charge >= 0.3 is 0 Å². The van der Waals surface area contributed by atoms with Gasteiger partial charge in [0.1, 0.15) is 5.76 Å². The van der Waals surface area contributed by atoms with Crippen molar-refractivity contribution in [1.82, 2.24) is 5.32 Å². The summed E-state index contributed by atoms with van der Waals surface area (Å²) in [6.45, 7) is 2.04. The van der Waals surface area contributed by atoms with E-state index in [0.29, 0.717) is 12.8 Å². The molecular formula is C13H17NO2. The zero-order valence-electron chi connectivity index (χ0n) is 9.53. The molecule has 0 aliphatic carbocycles. The number of hydrogen-bond donors (Lipinski definition) is 1. The van der Waals surface area contributed by atoms with Crippen molar-refractivity contribution in [2.75, 3.05) is 0 Å². The quantitative estimate of drug-likeness (QED) is 0.745. The molecule has 1 N–H and O–H groups in total. The summed E-state index contributed by atoms with van der Waals surface area (Å²) < 4.78 is 5.14. The first-order chi connectivity index (χ1) is 7.76. The van der Waals surface area contributed by atoms with E-state index in [1.54, 1.807) is 6.26 Å². The fourth-order valence-electron chi connectivity index (χ4n) is 1.44. The minimum atomic E-state index is -0.144. The van der Waals surface area contributed by atoms with Crippen LogP contribution in [0.25, 0.3) is 0 Å². The molecule has 1 amide bonds. The second-order valence-corrected chi connectivity index (χ2v) is 3.65. The number of aryl methyl sites for hydroxylation is 1. The van der Waals surface area contributed by atoms with Crippen molar-refractivity contribution in [3.8, 4) is 12.3 Å². The van der Waals surface area contributed by atoms with Gasteiger partial charge in [0.05, 0.1) is 12.3 Å². The molecule has 0 spiro atoms. The number of rotatable bonds is 6. The maximum atomic E-state index is 11.5. The molecule has 16 heavy (non-hydrogen) atoms. The van der Waals surface area contributed by atoms with Crippen LogP contribution in [0.5, 0.6) is 0 Å². The highest BCUT2D eigenvalue weighted by molar-refractivity contribution is 5.76. The van der Waals surface area contributed by atoms with Crippen molar-refractivity contribution in [3.05, 3.63) is 24.2 Å². The molecule has 86 valence electrons. The third-order valence-corrected chi connectivity index (χ3v) is 2.29. The first-order valence-electron chi connectivity index (χ1n) is 5.54. The van der Waals surface area contributed by atoms with Crippen molar-refractivity contribution in [2.24, 2.45) is 0 Å². The Morgan fingerprint density at radius 1 is 1.69 bits per heavy atom. The Hall–Kier alpha value is -1.69. The van der Waals surface area contributed by atoms with Crippen molar-refractivity contribution >= 4 is 5.91 Å². The summed E-state index contributed by atoms with van der Waals surface area (Å²) in [5, 5.41) is 2.81. The van der Waals surface area contributed by atoms with E-state index in [1.807, 2.05) is 19.1 Å². The van der Waals surface area contributed by atoms with Crippen LogP contribution in [0, 0.1) is 12.3 Å². The van der Waals surface area contributed by atoms with Crippen molar-refractivity contribution in [3.63, 3.8) is 0 Å². The number of furan rings is 1. The molecule has 0 fully saturated rings. The summed E-state index contributed by atoms with van der Waals surface area (Å²) in [5.74, 6) is 3.37. The van der Waals surface area contributed by atoms with Gasteiger partial charge in [-0.3, -0.25) is 4.79 Å². The van der Waals surface area contributed by atoms with Gasteiger partial charge in [-0.2, -0.15) is 0 Å². The van der Waals surface area contributed by atoms with Gasteiger partial charge in [-0.15, -0.1) is 6.42 Å². The van der Waals surface area contributed by atoms with E-state index in [2.05, 4.69) is 11.2 Å². The summed E-state index contributed by atoms with van der Waals surface area (Å²) in [6, 6.07) is 3.53. The molecule has 0 radical (unpaired) electrons. The Morgan fingerprint density at radius 2 is 2.50 bits per heavy atom. The third kappa shape index (κ3) is 4.22. The second kappa shape index (κ2) is 6.73. The number of nitrogens with one attached hydrogen (secondary N) is 1. The summed E-state index contributed by atoms with van der Waals surface area (Å²) >= 11 is 0. The van der Waals surface area contributed by atoms with Gasteiger partial charge in [0.15, 0.2) is 0 Å². The lowest BCUT2D eigenvalue weighted by Gasteiger charge is -2.11. The SMILES string of the molecule is C#CC(CCC)NC(=O)CCc1ccco1. The summed E-state index contributed by atoms with van der Waals surface area (Å²) in [4.78, 5) is 11.5.